The molecule has 1 fully saturated rings. The predicted molar refractivity (Wildman–Crippen MR) is 151 cm³/mol. The number of carbonyl (C=O) groups is 1. The third-order valence-electron chi connectivity index (χ3n) is 7.27. The van der Waals surface area contributed by atoms with Gasteiger partial charge in [0.15, 0.2) is 0 Å². The summed E-state index contributed by atoms with van der Waals surface area (Å²) in [6.07, 6.45) is 1.30. The van der Waals surface area contributed by atoms with Crippen molar-refractivity contribution >= 4 is 33.3 Å². The number of aromatic carboxylic acids is 1. The molecule has 6 heteroatoms. The molecule has 1 aliphatic heterocycles. The van der Waals surface area contributed by atoms with E-state index in [2.05, 4.69) is 58.4 Å². The van der Waals surface area contributed by atoms with E-state index < -0.39 is 5.97 Å². The summed E-state index contributed by atoms with van der Waals surface area (Å²) in [4.78, 5) is 17.8. The molecule has 1 aliphatic rings. The van der Waals surface area contributed by atoms with Crippen LogP contribution >= 0.6 is 0 Å². The van der Waals surface area contributed by atoms with Crippen molar-refractivity contribution in [1.82, 2.24) is 4.98 Å². The van der Waals surface area contributed by atoms with Gasteiger partial charge in [0, 0.05) is 35.1 Å². The standard InChI is InChI=1S/C32H30N2O4/c35-32(36)31-28(14-6-18-38-29-15-4-8-22-7-1-2-11-25(22)29)27-13-5-12-26(30(27)33-31)23-9-3-10-24(21-23)34-16-19-37-20-17-34/h1-5,7-13,15,21,33H,6,14,16-20H2,(H,35,36). The summed E-state index contributed by atoms with van der Waals surface area (Å²) in [6.45, 7) is 3.69. The summed E-state index contributed by atoms with van der Waals surface area (Å²) in [6, 6.07) is 28.7. The van der Waals surface area contributed by atoms with E-state index >= 15 is 0 Å². The van der Waals surface area contributed by atoms with Crippen molar-refractivity contribution in [1.29, 1.82) is 0 Å². The summed E-state index contributed by atoms with van der Waals surface area (Å²) in [5.74, 6) is -0.0953. The molecule has 0 atom stereocenters. The van der Waals surface area contributed by atoms with Gasteiger partial charge in [0.1, 0.15) is 11.4 Å². The molecule has 1 saturated heterocycles. The van der Waals surface area contributed by atoms with Gasteiger partial charge in [0.05, 0.1) is 25.3 Å². The second-order valence-electron chi connectivity index (χ2n) is 9.59. The largest absolute Gasteiger partial charge is 0.493 e. The highest BCUT2D eigenvalue weighted by molar-refractivity contribution is 6.03. The fourth-order valence-corrected chi connectivity index (χ4v) is 5.40. The van der Waals surface area contributed by atoms with Crippen molar-refractivity contribution in [3.8, 4) is 16.9 Å². The van der Waals surface area contributed by atoms with Gasteiger partial charge in [-0.1, -0.05) is 66.7 Å². The number of aromatic nitrogens is 1. The fourth-order valence-electron chi connectivity index (χ4n) is 5.40. The minimum absolute atomic E-state index is 0.252. The fraction of sp³-hybridized carbons (Fsp3) is 0.219. The summed E-state index contributed by atoms with van der Waals surface area (Å²) >= 11 is 0. The van der Waals surface area contributed by atoms with E-state index in [0.29, 0.717) is 19.4 Å². The molecule has 5 aromatic rings. The Balaban J connectivity index is 1.26. The minimum Gasteiger partial charge on any atom is -0.493 e. The van der Waals surface area contributed by atoms with E-state index in [1.54, 1.807) is 0 Å². The number of ether oxygens (including phenoxy) is 2. The van der Waals surface area contributed by atoms with Crippen molar-refractivity contribution in [3.63, 3.8) is 0 Å². The number of aryl methyl sites for hydroxylation is 1. The second-order valence-corrected chi connectivity index (χ2v) is 9.59. The van der Waals surface area contributed by atoms with E-state index in [1.807, 2.05) is 36.4 Å². The number of morpholine rings is 1. The number of nitrogens with one attached hydrogen (secondary N) is 1. The number of anilines is 1. The second kappa shape index (κ2) is 10.6. The molecule has 0 bridgehead atoms. The maximum Gasteiger partial charge on any atom is 0.352 e. The van der Waals surface area contributed by atoms with Gasteiger partial charge in [-0.25, -0.2) is 4.79 Å². The molecule has 6 nitrogen and oxygen atoms in total. The van der Waals surface area contributed by atoms with Gasteiger partial charge in [-0.15, -0.1) is 0 Å². The minimum atomic E-state index is -0.945. The van der Waals surface area contributed by atoms with E-state index in [0.717, 1.165) is 76.1 Å². The van der Waals surface area contributed by atoms with Crippen molar-refractivity contribution < 1.29 is 19.4 Å². The lowest BCUT2D eigenvalue weighted by atomic mass is 9.99. The van der Waals surface area contributed by atoms with Crippen molar-refractivity contribution in [2.75, 3.05) is 37.8 Å². The molecule has 0 unspecified atom stereocenters. The highest BCUT2D eigenvalue weighted by Crippen LogP contribution is 2.34. The molecule has 4 aromatic carbocycles. The number of H-pyrrole nitrogens is 1. The number of carboxylic acids is 1. The number of hydrogen-bond acceptors (Lipinski definition) is 4. The zero-order valence-corrected chi connectivity index (χ0v) is 21.2. The summed E-state index contributed by atoms with van der Waals surface area (Å²) in [7, 11) is 0. The van der Waals surface area contributed by atoms with Gasteiger partial charge in [-0.3, -0.25) is 0 Å². The van der Waals surface area contributed by atoms with E-state index in [9.17, 15) is 9.90 Å². The lowest BCUT2D eigenvalue weighted by molar-refractivity contribution is 0.0690. The maximum atomic E-state index is 12.2. The number of aromatic amines is 1. The van der Waals surface area contributed by atoms with Crippen LogP contribution in [-0.2, 0) is 11.2 Å². The van der Waals surface area contributed by atoms with Gasteiger partial charge in [0.2, 0.25) is 0 Å². The molecule has 0 saturated carbocycles. The van der Waals surface area contributed by atoms with Crippen LogP contribution in [0, 0.1) is 0 Å². The van der Waals surface area contributed by atoms with Crippen molar-refractivity contribution in [2.45, 2.75) is 12.8 Å². The van der Waals surface area contributed by atoms with Crippen LogP contribution in [0.25, 0.3) is 32.8 Å². The number of benzene rings is 4. The SMILES string of the molecule is O=C(O)c1[nH]c2c(-c3cccc(N4CCOCC4)c3)cccc2c1CCCOc1cccc2ccccc12. The Bertz CT molecular complexity index is 1600. The van der Waals surface area contributed by atoms with E-state index in [-0.39, 0.29) is 5.69 Å². The van der Waals surface area contributed by atoms with Crippen LogP contribution in [0.3, 0.4) is 0 Å². The van der Waals surface area contributed by atoms with Gasteiger partial charge in [0.25, 0.3) is 0 Å². The lowest BCUT2D eigenvalue weighted by Gasteiger charge is -2.29. The molecular weight excluding hydrogens is 476 g/mol. The molecule has 38 heavy (non-hydrogen) atoms. The molecule has 0 amide bonds. The average Bonchev–Trinajstić information content (AvgIpc) is 3.35. The van der Waals surface area contributed by atoms with Crippen molar-refractivity contribution in [2.24, 2.45) is 0 Å². The first-order valence-corrected chi connectivity index (χ1v) is 13.1. The number of nitrogens with zero attached hydrogens (tertiary/aromatic N) is 1. The zero-order chi connectivity index (χ0) is 25.9. The van der Waals surface area contributed by atoms with Crippen LogP contribution < -0.4 is 9.64 Å². The molecule has 2 heterocycles. The summed E-state index contributed by atoms with van der Waals surface area (Å²) in [5.41, 5.74) is 5.14. The Labute approximate surface area is 221 Å². The monoisotopic (exact) mass is 506 g/mol. The molecule has 0 spiro atoms. The zero-order valence-electron chi connectivity index (χ0n) is 21.2. The number of hydrogen-bond donors (Lipinski definition) is 2. The molecule has 2 N–H and O–H groups in total. The molecule has 192 valence electrons. The Morgan fingerprint density at radius 2 is 1.68 bits per heavy atom. The Kier molecular flexibility index (Phi) is 6.71. The number of rotatable bonds is 8. The van der Waals surface area contributed by atoms with Crippen LogP contribution in [0.15, 0.2) is 84.9 Å². The third-order valence-corrected chi connectivity index (χ3v) is 7.27. The smallest absolute Gasteiger partial charge is 0.352 e. The topological polar surface area (TPSA) is 74.8 Å². The Morgan fingerprint density at radius 1 is 0.921 bits per heavy atom. The van der Waals surface area contributed by atoms with Gasteiger partial charge in [-0.05, 0) is 47.6 Å². The third kappa shape index (κ3) is 4.71. The molecule has 0 radical (unpaired) electrons. The van der Waals surface area contributed by atoms with Crippen LogP contribution in [-0.4, -0.2) is 49.0 Å². The summed E-state index contributed by atoms with van der Waals surface area (Å²) in [5, 5.41) is 13.2. The number of carboxylic acid groups (broad SMARTS) is 1. The van der Waals surface area contributed by atoms with Crippen LogP contribution in [0.4, 0.5) is 5.69 Å². The number of para-hydroxylation sites is 1. The molecule has 6 rings (SSSR count). The van der Waals surface area contributed by atoms with Gasteiger partial charge in [-0.2, -0.15) is 0 Å². The lowest BCUT2D eigenvalue weighted by Crippen LogP contribution is -2.36. The van der Waals surface area contributed by atoms with Crippen molar-refractivity contribution in [3.05, 3.63) is 96.2 Å². The number of fused-ring (bicyclic) bond motifs is 2. The first kappa shape index (κ1) is 24.1. The summed E-state index contributed by atoms with van der Waals surface area (Å²) < 4.78 is 11.6. The van der Waals surface area contributed by atoms with Crippen LogP contribution in [0.2, 0.25) is 0 Å². The van der Waals surface area contributed by atoms with Crippen LogP contribution in [0.1, 0.15) is 22.5 Å². The molecular formula is C32H30N2O4. The average molecular weight is 507 g/mol. The Hall–Kier alpha value is -4.29. The quantitative estimate of drug-likeness (QED) is 0.234. The normalized spacial score (nSPS) is 13.7. The first-order valence-electron chi connectivity index (χ1n) is 13.1. The highest BCUT2D eigenvalue weighted by atomic mass is 16.5. The van der Waals surface area contributed by atoms with Gasteiger partial charge < -0.3 is 24.5 Å². The molecule has 0 aliphatic carbocycles. The maximum absolute atomic E-state index is 12.2. The highest BCUT2D eigenvalue weighted by Gasteiger charge is 2.20. The molecule has 1 aromatic heterocycles. The van der Waals surface area contributed by atoms with E-state index in [4.69, 9.17) is 9.47 Å². The van der Waals surface area contributed by atoms with Gasteiger partial charge >= 0.3 is 5.97 Å². The van der Waals surface area contributed by atoms with E-state index in [1.165, 1.54) is 0 Å². The first-order chi connectivity index (χ1) is 18.7. The van der Waals surface area contributed by atoms with Crippen LogP contribution in [0.5, 0.6) is 5.75 Å². The predicted octanol–water partition coefficient (Wildman–Crippen LogP) is 6.53. The Morgan fingerprint density at radius 3 is 2.55 bits per heavy atom.